The molecule has 0 spiro atoms. The van der Waals surface area contributed by atoms with Gasteiger partial charge in [-0.1, -0.05) is 13.0 Å². The molecule has 9 nitrogen and oxygen atoms in total. The molecule has 2 aliphatic heterocycles. The van der Waals surface area contributed by atoms with Crippen molar-refractivity contribution >= 4 is 34.6 Å². The number of hydrogen-bond donors (Lipinski definition) is 1. The normalized spacial score (nSPS) is 16.9. The minimum absolute atomic E-state index is 0.0590. The number of amides is 2. The first-order chi connectivity index (χ1) is 17.1. The lowest BCUT2D eigenvalue weighted by molar-refractivity contribution is -0.134. The number of furan rings is 1. The summed E-state index contributed by atoms with van der Waals surface area (Å²) < 4.78 is 16.7. The van der Waals surface area contributed by atoms with Gasteiger partial charge >= 0.3 is 0 Å². The average Bonchev–Trinajstić information content (AvgIpc) is 3.64. The fraction of sp³-hybridized carbons (Fsp3) is 0.320. The summed E-state index contributed by atoms with van der Waals surface area (Å²) in [6.07, 6.45) is 2.18. The topological polar surface area (TPSA) is 96.6 Å². The number of fused-ring (bicyclic) bond motifs is 1. The van der Waals surface area contributed by atoms with Crippen LogP contribution in [-0.2, 0) is 9.59 Å². The third kappa shape index (κ3) is 5.23. The Morgan fingerprint density at radius 2 is 2.00 bits per heavy atom. The molecule has 4 heterocycles. The molecule has 1 atom stereocenters. The van der Waals surface area contributed by atoms with Crippen LogP contribution in [0.25, 0.3) is 0 Å². The van der Waals surface area contributed by atoms with E-state index in [0.29, 0.717) is 49.1 Å². The number of benzene rings is 1. The number of thiophene rings is 1. The number of carbonyl (C=O) groups is 2. The maximum atomic E-state index is 13.3. The number of carbonyl (C=O) groups excluding carboxylic acids is 2. The van der Waals surface area contributed by atoms with Crippen LogP contribution in [0.3, 0.4) is 0 Å². The second-order valence-electron chi connectivity index (χ2n) is 8.21. The quantitative estimate of drug-likeness (QED) is 0.512. The number of rotatable bonds is 8. The maximum Gasteiger partial charge on any atom is 0.257 e. The summed E-state index contributed by atoms with van der Waals surface area (Å²) in [4.78, 5) is 28.8. The van der Waals surface area contributed by atoms with Gasteiger partial charge in [0.15, 0.2) is 11.5 Å². The van der Waals surface area contributed by atoms with Crippen LogP contribution in [0.2, 0.25) is 0 Å². The molecule has 10 heteroatoms. The molecule has 0 saturated heterocycles. The number of nitrogens with zero attached hydrogens (tertiary/aromatic N) is 3. The third-order valence-electron chi connectivity index (χ3n) is 5.84. The first-order valence-corrected chi connectivity index (χ1v) is 12.4. The highest BCUT2D eigenvalue weighted by atomic mass is 32.1. The van der Waals surface area contributed by atoms with Crippen LogP contribution >= 0.6 is 11.3 Å². The Bertz CT molecular complexity index is 1210. The van der Waals surface area contributed by atoms with Crippen molar-refractivity contribution < 1.29 is 23.5 Å². The van der Waals surface area contributed by atoms with E-state index in [9.17, 15) is 9.59 Å². The van der Waals surface area contributed by atoms with Crippen LogP contribution in [-0.4, -0.2) is 60.3 Å². The number of nitrogens with one attached hydrogen (secondary N) is 1. The molecule has 35 heavy (non-hydrogen) atoms. The van der Waals surface area contributed by atoms with E-state index < -0.39 is 0 Å². The largest absolute Gasteiger partial charge is 0.486 e. The molecule has 0 bridgehead atoms. The van der Waals surface area contributed by atoms with E-state index >= 15 is 0 Å². The van der Waals surface area contributed by atoms with Crippen molar-refractivity contribution in [3.63, 3.8) is 0 Å². The van der Waals surface area contributed by atoms with Gasteiger partial charge in [0.2, 0.25) is 5.91 Å². The lowest BCUT2D eigenvalue weighted by atomic mass is 10.1. The Balaban J connectivity index is 1.24. The van der Waals surface area contributed by atoms with E-state index in [1.54, 1.807) is 40.7 Å². The highest BCUT2D eigenvalue weighted by Gasteiger charge is 2.35. The molecule has 182 valence electrons. The standard InChI is InChI=1S/C25H26N4O5S/c1-2-28(15-24(30)26-17-7-8-21-22(13-17)34-11-10-33-21)16-25(31)29-19(20-5-3-9-32-20)14-18(27-29)23-6-4-12-35-23/h3-9,12-13,19H,2,10-11,14-16H2,1H3,(H,26,30). The van der Waals surface area contributed by atoms with Crippen molar-refractivity contribution in [2.75, 3.05) is 38.2 Å². The number of likely N-dealkylation sites (N-methyl/N-ethyl adjacent to an activating group) is 1. The second-order valence-corrected chi connectivity index (χ2v) is 9.16. The van der Waals surface area contributed by atoms with E-state index in [1.807, 2.05) is 36.6 Å². The van der Waals surface area contributed by atoms with Gasteiger partial charge in [0.1, 0.15) is 25.0 Å². The lowest BCUT2D eigenvalue weighted by Gasteiger charge is -2.24. The highest BCUT2D eigenvalue weighted by molar-refractivity contribution is 7.12. The second kappa shape index (κ2) is 10.3. The van der Waals surface area contributed by atoms with Gasteiger partial charge in [-0.15, -0.1) is 11.3 Å². The van der Waals surface area contributed by atoms with Crippen molar-refractivity contribution in [2.24, 2.45) is 5.10 Å². The molecule has 2 amide bonds. The monoisotopic (exact) mass is 494 g/mol. The van der Waals surface area contributed by atoms with Gasteiger partial charge in [0.25, 0.3) is 5.91 Å². The van der Waals surface area contributed by atoms with Crippen molar-refractivity contribution in [1.82, 2.24) is 9.91 Å². The average molecular weight is 495 g/mol. The van der Waals surface area contributed by atoms with E-state index in [4.69, 9.17) is 13.9 Å². The van der Waals surface area contributed by atoms with E-state index in [1.165, 1.54) is 5.01 Å². The molecular formula is C25H26N4O5S. The van der Waals surface area contributed by atoms with Gasteiger partial charge in [-0.2, -0.15) is 5.10 Å². The molecule has 0 radical (unpaired) electrons. The third-order valence-corrected chi connectivity index (χ3v) is 6.76. The molecule has 3 aromatic rings. The minimum Gasteiger partial charge on any atom is -0.486 e. The SMILES string of the molecule is CCN(CC(=O)Nc1ccc2c(c1)OCCO2)CC(=O)N1N=C(c2cccs2)CC1c1ccco1. The Morgan fingerprint density at radius 3 is 2.74 bits per heavy atom. The van der Waals surface area contributed by atoms with Gasteiger partial charge in [-0.3, -0.25) is 14.5 Å². The molecule has 0 aliphatic carbocycles. The van der Waals surface area contributed by atoms with Gasteiger partial charge in [0.05, 0.1) is 29.9 Å². The summed E-state index contributed by atoms with van der Waals surface area (Å²) in [5.41, 5.74) is 1.47. The molecule has 5 rings (SSSR count). The summed E-state index contributed by atoms with van der Waals surface area (Å²) in [7, 11) is 0. The Labute approximate surface area is 206 Å². The zero-order chi connectivity index (χ0) is 24.2. The van der Waals surface area contributed by atoms with Crippen molar-refractivity contribution in [1.29, 1.82) is 0 Å². The Hall–Kier alpha value is -3.63. The summed E-state index contributed by atoms with van der Waals surface area (Å²) in [6, 6.07) is 12.6. The number of hydrogen-bond acceptors (Lipinski definition) is 8. The maximum absolute atomic E-state index is 13.3. The van der Waals surface area contributed by atoms with Crippen molar-refractivity contribution in [2.45, 2.75) is 19.4 Å². The first kappa shape index (κ1) is 23.1. The predicted molar refractivity (Wildman–Crippen MR) is 132 cm³/mol. The summed E-state index contributed by atoms with van der Waals surface area (Å²) in [6.45, 7) is 3.55. The van der Waals surface area contributed by atoms with Gasteiger partial charge in [-0.05, 0) is 42.3 Å². The molecular weight excluding hydrogens is 468 g/mol. The van der Waals surface area contributed by atoms with Gasteiger partial charge in [-0.25, -0.2) is 5.01 Å². The number of hydrazone groups is 1. The van der Waals surface area contributed by atoms with Crippen LogP contribution in [0.15, 0.2) is 63.6 Å². The first-order valence-electron chi connectivity index (χ1n) is 11.5. The van der Waals surface area contributed by atoms with Crippen LogP contribution < -0.4 is 14.8 Å². The van der Waals surface area contributed by atoms with Crippen LogP contribution in [0.4, 0.5) is 5.69 Å². The summed E-state index contributed by atoms with van der Waals surface area (Å²) >= 11 is 1.59. The fourth-order valence-electron chi connectivity index (χ4n) is 4.10. The fourth-order valence-corrected chi connectivity index (χ4v) is 4.82. The molecule has 1 N–H and O–H groups in total. The van der Waals surface area contributed by atoms with Crippen molar-refractivity contribution in [3.05, 3.63) is 64.7 Å². The Kier molecular flexibility index (Phi) is 6.82. The van der Waals surface area contributed by atoms with Gasteiger partial charge in [0, 0.05) is 18.2 Å². The molecule has 0 saturated carbocycles. The molecule has 1 aromatic carbocycles. The molecule has 1 unspecified atom stereocenters. The molecule has 2 aromatic heterocycles. The smallest absolute Gasteiger partial charge is 0.257 e. The van der Waals surface area contributed by atoms with Crippen molar-refractivity contribution in [3.8, 4) is 11.5 Å². The lowest BCUT2D eigenvalue weighted by Crippen LogP contribution is -2.41. The zero-order valence-corrected chi connectivity index (χ0v) is 20.1. The highest BCUT2D eigenvalue weighted by Crippen LogP contribution is 2.34. The summed E-state index contributed by atoms with van der Waals surface area (Å²) in [5.74, 6) is 1.55. The zero-order valence-electron chi connectivity index (χ0n) is 19.3. The van der Waals surface area contributed by atoms with Crippen LogP contribution in [0, 0.1) is 0 Å². The number of ether oxygens (including phenoxy) is 2. The van der Waals surface area contributed by atoms with Crippen LogP contribution in [0.1, 0.15) is 30.0 Å². The number of anilines is 1. The molecule has 2 aliphatic rings. The van der Waals surface area contributed by atoms with Gasteiger partial charge < -0.3 is 19.2 Å². The van der Waals surface area contributed by atoms with E-state index in [2.05, 4.69) is 10.4 Å². The minimum atomic E-state index is -0.306. The van der Waals surface area contributed by atoms with E-state index in [-0.39, 0.29) is 30.9 Å². The summed E-state index contributed by atoms with van der Waals surface area (Å²) in [5, 5.41) is 11.0. The van der Waals surface area contributed by atoms with E-state index in [0.717, 1.165) is 10.6 Å². The van der Waals surface area contributed by atoms with Crippen LogP contribution in [0.5, 0.6) is 11.5 Å². The Morgan fingerprint density at radius 1 is 1.14 bits per heavy atom. The molecule has 0 fully saturated rings. The predicted octanol–water partition coefficient (Wildman–Crippen LogP) is 3.75.